The molecule has 0 amide bonds. The molecule has 1 N–H and O–H groups in total. The SMILES string of the molecule is Cc1ccc(NCC(C)Oc2ccccc2Cl)cc1C. The first kappa shape index (κ1) is 14.7. The van der Waals surface area contributed by atoms with E-state index in [2.05, 4.69) is 37.4 Å². The lowest BCUT2D eigenvalue weighted by molar-refractivity contribution is 0.235. The van der Waals surface area contributed by atoms with Gasteiger partial charge in [-0.15, -0.1) is 0 Å². The largest absolute Gasteiger partial charge is 0.487 e. The van der Waals surface area contributed by atoms with Crippen molar-refractivity contribution in [3.8, 4) is 5.75 Å². The van der Waals surface area contributed by atoms with Crippen LogP contribution in [0.5, 0.6) is 5.75 Å². The van der Waals surface area contributed by atoms with Gasteiger partial charge in [-0.3, -0.25) is 0 Å². The Morgan fingerprint density at radius 1 is 1.10 bits per heavy atom. The van der Waals surface area contributed by atoms with E-state index in [-0.39, 0.29) is 6.10 Å². The molecule has 20 heavy (non-hydrogen) atoms. The van der Waals surface area contributed by atoms with Crippen molar-refractivity contribution in [2.45, 2.75) is 26.9 Å². The van der Waals surface area contributed by atoms with Gasteiger partial charge in [0.1, 0.15) is 11.9 Å². The van der Waals surface area contributed by atoms with Gasteiger partial charge in [0.25, 0.3) is 0 Å². The van der Waals surface area contributed by atoms with Crippen molar-refractivity contribution in [2.75, 3.05) is 11.9 Å². The van der Waals surface area contributed by atoms with Crippen LogP contribution in [0.3, 0.4) is 0 Å². The van der Waals surface area contributed by atoms with Gasteiger partial charge < -0.3 is 10.1 Å². The Labute approximate surface area is 125 Å². The van der Waals surface area contributed by atoms with Crippen molar-refractivity contribution in [3.05, 3.63) is 58.6 Å². The molecule has 0 heterocycles. The van der Waals surface area contributed by atoms with Crippen LogP contribution >= 0.6 is 11.6 Å². The van der Waals surface area contributed by atoms with Crippen LogP contribution in [-0.2, 0) is 0 Å². The van der Waals surface area contributed by atoms with Crippen molar-refractivity contribution in [3.63, 3.8) is 0 Å². The highest BCUT2D eigenvalue weighted by Crippen LogP contribution is 2.24. The van der Waals surface area contributed by atoms with Crippen LogP contribution in [0, 0.1) is 13.8 Å². The summed E-state index contributed by atoms with van der Waals surface area (Å²) in [5, 5.41) is 4.03. The zero-order chi connectivity index (χ0) is 14.5. The molecule has 0 bridgehead atoms. The maximum atomic E-state index is 6.08. The molecule has 106 valence electrons. The van der Waals surface area contributed by atoms with Gasteiger partial charge in [0, 0.05) is 5.69 Å². The first-order valence-electron chi connectivity index (χ1n) is 6.78. The summed E-state index contributed by atoms with van der Waals surface area (Å²) in [5.74, 6) is 0.726. The van der Waals surface area contributed by atoms with E-state index < -0.39 is 0 Å². The van der Waals surface area contributed by atoms with Gasteiger partial charge in [-0.2, -0.15) is 0 Å². The molecule has 1 unspecified atom stereocenters. The second-order valence-corrected chi connectivity index (χ2v) is 5.45. The lowest BCUT2D eigenvalue weighted by atomic mass is 10.1. The molecular weight excluding hydrogens is 270 g/mol. The normalized spacial score (nSPS) is 12.0. The number of hydrogen-bond acceptors (Lipinski definition) is 2. The van der Waals surface area contributed by atoms with E-state index in [1.54, 1.807) is 0 Å². The van der Waals surface area contributed by atoms with E-state index in [9.17, 15) is 0 Å². The first-order chi connectivity index (χ1) is 9.56. The minimum Gasteiger partial charge on any atom is -0.487 e. The summed E-state index contributed by atoms with van der Waals surface area (Å²) in [6.07, 6.45) is 0.0384. The van der Waals surface area contributed by atoms with E-state index in [1.807, 2.05) is 31.2 Å². The second kappa shape index (κ2) is 6.67. The Bertz CT molecular complexity index is 583. The minimum atomic E-state index is 0.0384. The van der Waals surface area contributed by atoms with Gasteiger partial charge in [-0.25, -0.2) is 0 Å². The number of anilines is 1. The van der Waals surface area contributed by atoms with Crippen LogP contribution in [0.1, 0.15) is 18.1 Å². The van der Waals surface area contributed by atoms with Gasteiger partial charge in [0.15, 0.2) is 0 Å². The Morgan fingerprint density at radius 3 is 2.55 bits per heavy atom. The highest BCUT2D eigenvalue weighted by atomic mass is 35.5. The van der Waals surface area contributed by atoms with Crippen LogP contribution in [-0.4, -0.2) is 12.6 Å². The molecule has 0 radical (unpaired) electrons. The number of halogens is 1. The van der Waals surface area contributed by atoms with Crippen LogP contribution < -0.4 is 10.1 Å². The maximum Gasteiger partial charge on any atom is 0.138 e. The molecular formula is C17H20ClNO. The van der Waals surface area contributed by atoms with Gasteiger partial charge in [-0.05, 0) is 56.2 Å². The third-order valence-electron chi connectivity index (χ3n) is 3.27. The quantitative estimate of drug-likeness (QED) is 0.851. The number of nitrogens with one attached hydrogen (secondary N) is 1. The zero-order valence-corrected chi connectivity index (χ0v) is 12.9. The van der Waals surface area contributed by atoms with E-state index in [0.717, 1.165) is 18.0 Å². The van der Waals surface area contributed by atoms with Crippen molar-refractivity contribution in [1.82, 2.24) is 0 Å². The molecule has 2 aromatic carbocycles. The number of benzene rings is 2. The van der Waals surface area contributed by atoms with E-state index in [0.29, 0.717) is 5.02 Å². The smallest absolute Gasteiger partial charge is 0.138 e. The van der Waals surface area contributed by atoms with E-state index in [4.69, 9.17) is 16.3 Å². The topological polar surface area (TPSA) is 21.3 Å². The average molecular weight is 290 g/mol. The number of rotatable bonds is 5. The Morgan fingerprint density at radius 2 is 1.85 bits per heavy atom. The number of aryl methyl sites for hydroxylation is 2. The molecule has 2 rings (SSSR count). The molecule has 0 saturated carbocycles. The molecule has 2 nitrogen and oxygen atoms in total. The monoisotopic (exact) mass is 289 g/mol. The first-order valence-corrected chi connectivity index (χ1v) is 7.16. The zero-order valence-electron chi connectivity index (χ0n) is 12.1. The molecule has 2 aromatic rings. The summed E-state index contributed by atoms with van der Waals surface area (Å²) in [5.41, 5.74) is 3.70. The predicted molar refractivity (Wildman–Crippen MR) is 85.9 cm³/mol. The third kappa shape index (κ3) is 3.91. The van der Waals surface area contributed by atoms with Crippen LogP contribution in [0.4, 0.5) is 5.69 Å². The molecule has 0 aliphatic carbocycles. The van der Waals surface area contributed by atoms with Crippen LogP contribution in [0.2, 0.25) is 5.02 Å². The number of ether oxygens (including phenoxy) is 1. The maximum absolute atomic E-state index is 6.08. The highest BCUT2D eigenvalue weighted by molar-refractivity contribution is 6.32. The van der Waals surface area contributed by atoms with E-state index in [1.165, 1.54) is 11.1 Å². The molecule has 1 atom stereocenters. The summed E-state index contributed by atoms with van der Waals surface area (Å²) < 4.78 is 5.83. The van der Waals surface area contributed by atoms with E-state index >= 15 is 0 Å². The lowest BCUT2D eigenvalue weighted by Gasteiger charge is -2.17. The summed E-state index contributed by atoms with van der Waals surface area (Å²) in [7, 11) is 0. The summed E-state index contributed by atoms with van der Waals surface area (Å²) in [4.78, 5) is 0. The Hall–Kier alpha value is -1.67. The number of para-hydroxylation sites is 1. The Balaban J connectivity index is 1.90. The number of hydrogen-bond donors (Lipinski definition) is 1. The lowest BCUT2D eigenvalue weighted by Crippen LogP contribution is -2.22. The van der Waals surface area contributed by atoms with Gasteiger partial charge >= 0.3 is 0 Å². The van der Waals surface area contributed by atoms with Gasteiger partial charge in [0.05, 0.1) is 11.6 Å². The van der Waals surface area contributed by atoms with Crippen molar-refractivity contribution >= 4 is 17.3 Å². The summed E-state index contributed by atoms with van der Waals surface area (Å²) in [6.45, 7) is 6.98. The molecule has 0 aliphatic rings. The van der Waals surface area contributed by atoms with Crippen molar-refractivity contribution < 1.29 is 4.74 Å². The summed E-state index contributed by atoms with van der Waals surface area (Å²) in [6, 6.07) is 13.9. The standard InChI is InChI=1S/C17H20ClNO/c1-12-8-9-15(10-13(12)2)19-11-14(3)20-17-7-5-4-6-16(17)18/h4-10,14,19H,11H2,1-3H3. The molecule has 0 aliphatic heterocycles. The second-order valence-electron chi connectivity index (χ2n) is 5.04. The van der Waals surface area contributed by atoms with Crippen LogP contribution in [0.15, 0.2) is 42.5 Å². The third-order valence-corrected chi connectivity index (χ3v) is 3.58. The average Bonchev–Trinajstić information content (AvgIpc) is 2.43. The molecule has 3 heteroatoms. The van der Waals surface area contributed by atoms with Gasteiger partial charge in [-0.1, -0.05) is 29.8 Å². The molecule has 0 saturated heterocycles. The Kier molecular flexibility index (Phi) is 4.91. The van der Waals surface area contributed by atoms with Crippen molar-refractivity contribution in [1.29, 1.82) is 0 Å². The fourth-order valence-electron chi connectivity index (χ4n) is 1.91. The fourth-order valence-corrected chi connectivity index (χ4v) is 2.09. The van der Waals surface area contributed by atoms with Gasteiger partial charge in [0.2, 0.25) is 0 Å². The molecule has 0 aromatic heterocycles. The minimum absolute atomic E-state index is 0.0384. The fraction of sp³-hybridized carbons (Fsp3) is 0.294. The van der Waals surface area contributed by atoms with Crippen LogP contribution in [0.25, 0.3) is 0 Å². The predicted octanol–water partition coefficient (Wildman–Crippen LogP) is 4.84. The summed E-state index contributed by atoms with van der Waals surface area (Å²) >= 11 is 6.08. The molecule has 0 fully saturated rings. The van der Waals surface area contributed by atoms with Crippen molar-refractivity contribution in [2.24, 2.45) is 0 Å². The molecule has 0 spiro atoms. The highest BCUT2D eigenvalue weighted by Gasteiger charge is 2.07.